The molecule has 2 aromatic heterocycles. The Morgan fingerprint density at radius 3 is 2.92 bits per heavy atom. The smallest absolute Gasteiger partial charge is 0.253 e. The van der Waals surface area contributed by atoms with Crippen LogP contribution < -0.4 is 5.32 Å². The molecule has 3 aromatic rings. The molecular weight excluding hydrogens is 322 g/mol. The van der Waals surface area contributed by atoms with Crippen molar-refractivity contribution < 1.29 is 9.90 Å². The quantitative estimate of drug-likeness (QED) is 0.750. The van der Waals surface area contributed by atoms with Crippen LogP contribution >= 0.6 is 11.3 Å². The predicted octanol–water partition coefficient (Wildman–Crippen LogP) is 2.88. The van der Waals surface area contributed by atoms with Crippen molar-refractivity contribution in [1.29, 1.82) is 0 Å². The maximum Gasteiger partial charge on any atom is 0.253 e. The van der Waals surface area contributed by atoms with Crippen molar-refractivity contribution in [2.45, 2.75) is 19.4 Å². The number of thiophene rings is 1. The van der Waals surface area contributed by atoms with Crippen LogP contribution in [-0.2, 0) is 5.60 Å². The first-order chi connectivity index (χ1) is 11.5. The monoisotopic (exact) mass is 341 g/mol. The Morgan fingerprint density at radius 1 is 1.42 bits per heavy atom. The van der Waals surface area contributed by atoms with Crippen molar-refractivity contribution in [2.75, 3.05) is 6.54 Å². The number of amides is 1. The average Bonchev–Trinajstić information content (AvgIpc) is 3.25. The minimum Gasteiger partial charge on any atom is -0.384 e. The van der Waals surface area contributed by atoms with Crippen LogP contribution in [0.5, 0.6) is 0 Å². The minimum absolute atomic E-state index is 0.139. The summed E-state index contributed by atoms with van der Waals surface area (Å²) in [5, 5.41) is 17.2. The van der Waals surface area contributed by atoms with E-state index in [2.05, 4.69) is 10.3 Å². The van der Waals surface area contributed by atoms with Crippen LogP contribution in [0.2, 0.25) is 0 Å². The van der Waals surface area contributed by atoms with Crippen molar-refractivity contribution in [1.82, 2.24) is 14.9 Å². The molecule has 0 aliphatic rings. The third-order valence-electron chi connectivity index (χ3n) is 3.92. The number of carbonyl (C=O) groups is 1. The number of aryl methyl sites for hydroxylation is 1. The van der Waals surface area contributed by atoms with E-state index >= 15 is 0 Å². The summed E-state index contributed by atoms with van der Waals surface area (Å²) in [5.74, 6) is -0.224. The zero-order valence-electron chi connectivity index (χ0n) is 13.6. The third kappa shape index (κ3) is 3.39. The molecule has 0 aliphatic heterocycles. The van der Waals surface area contributed by atoms with Crippen molar-refractivity contribution in [3.63, 3.8) is 0 Å². The Bertz CT molecular complexity index is 824. The van der Waals surface area contributed by atoms with Crippen molar-refractivity contribution >= 4 is 17.2 Å². The Hall–Kier alpha value is -2.44. The number of nitrogens with zero attached hydrogens (tertiary/aromatic N) is 2. The number of imidazole rings is 1. The summed E-state index contributed by atoms with van der Waals surface area (Å²) < 4.78 is 1.80. The topological polar surface area (TPSA) is 67.2 Å². The van der Waals surface area contributed by atoms with Gasteiger partial charge >= 0.3 is 0 Å². The summed E-state index contributed by atoms with van der Waals surface area (Å²) in [6, 6.07) is 7.54. The van der Waals surface area contributed by atoms with Gasteiger partial charge in [0.05, 0.1) is 24.1 Å². The highest BCUT2D eigenvalue weighted by molar-refractivity contribution is 7.08. The largest absolute Gasteiger partial charge is 0.384 e. The lowest BCUT2D eigenvalue weighted by Gasteiger charge is -2.23. The van der Waals surface area contributed by atoms with Crippen molar-refractivity contribution in [2.24, 2.45) is 0 Å². The first kappa shape index (κ1) is 16.4. The van der Waals surface area contributed by atoms with Gasteiger partial charge in [-0.05, 0) is 48.4 Å². The summed E-state index contributed by atoms with van der Waals surface area (Å²) in [7, 11) is 0. The average molecular weight is 341 g/mol. The number of rotatable bonds is 5. The van der Waals surface area contributed by atoms with E-state index in [0.29, 0.717) is 5.56 Å². The SMILES string of the molecule is Cc1ccc(-n2ccnc2)c(C(=O)NCC(C)(O)c2ccsc2)c1. The highest BCUT2D eigenvalue weighted by Crippen LogP contribution is 2.23. The third-order valence-corrected chi connectivity index (χ3v) is 4.60. The molecule has 1 amide bonds. The first-order valence-electron chi connectivity index (χ1n) is 7.59. The van der Waals surface area contributed by atoms with Gasteiger partial charge in [0.15, 0.2) is 0 Å². The molecule has 0 aliphatic carbocycles. The Kier molecular flexibility index (Phi) is 4.51. The molecule has 24 heavy (non-hydrogen) atoms. The second kappa shape index (κ2) is 6.59. The number of hydrogen-bond acceptors (Lipinski definition) is 4. The first-order valence-corrected chi connectivity index (χ1v) is 8.54. The fourth-order valence-electron chi connectivity index (χ4n) is 2.48. The number of benzene rings is 1. The van der Waals surface area contributed by atoms with E-state index in [1.54, 1.807) is 30.2 Å². The van der Waals surface area contributed by atoms with E-state index in [9.17, 15) is 9.90 Å². The molecular formula is C18H19N3O2S. The molecule has 0 fully saturated rings. The fourth-order valence-corrected chi connectivity index (χ4v) is 3.26. The van der Waals surface area contributed by atoms with Crippen LogP contribution in [-0.4, -0.2) is 27.1 Å². The highest BCUT2D eigenvalue weighted by atomic mass is 32.1. The molecule has 5 nitrogen and oxygen atoms in total. The van der Waals surface area contributed by atoms with Crippen LogP contribution in [0, 0.1) is 6.92 Å². The van der Waals surface area contributed by atoms with Crippen molar-refractivity contribution in [3.05, 3.63) is 70.4 Å². The molecule has 0 saturated heterocycles. The predicted molar refractivity (Wildman–Crippen MR) is 94.5 cm³/mol. The van der Waals surface area contributed by atoms with E-state index in [4.69, 9.17) is 0 Å². The molecule has 3 rings (SSSR count). The summed E-state index contributed by atoms with van der Waals surface area (Å²) in [6.07, 6.45) is 5.12. The number of carbonyl (C=O) groups excluding carboxylic acids is 1. The van der Waals surface area contributed by atoms with Gasteiger partial charge in [-0.25, -0.2) is 4.98 Å². The van der Waals surface area contributed by atoms with Gasteiger partial charge in [-0.3, -0.25) is 4.79 Å². The van der Waals surface area contributed by atoms with E-state index in [1.807, 2.05) is 41.9 Å². The number of aromatic nitrogens is 2. The zero-order chi connectivity index (χ0) is 17.2. The van der Waals surface area contributed by atoms with Gasteiger partial charge in [0.1, 0.15) is 5.60 Å². The van der Waals surface area contributed by atoms with Crippen LogP contribution in [0.15, 0.2) is 53.7 Å². The van der Waals surface area contributed by atoms with Crippen LogP contribution in [0.3, 0.4) is 0 Å². The van der Waals surface area contributed by atoms with Gasteiger partial charge < -0.3 is 15.0 Å². The van der Waals surface area contributed by atoms with E-state index in [-0.39, 0.29) is 12.5 Å². The summed E-state index contributed by atoms with van der Waals surface area (Å²) in [6.45, 7) is 3.78. The number of aliphatic hydroxyl groups is 1. The molecule has 2 heterocycles. The Balaban J connectivity index is 1.82. The minimum atomic E-state index is -1.10. The molecule has 6 heteroatoms. The summed E-state index contributed by atoms with van der Waals surface area (Å²) in [4.78, 5) is 16.7. The second-order valence-corrected chi connectivity index (χ2v) is 6.74. The molecule has 0 radical (unpaired) electrons. The summed E-state index contributed by atoms with van der Waals surface area (Å²) in [5.41, 5.74) is 2.00. The second-order valence-electron chi connectivity index (χ2n) is 5.96. The zero-order valence-corrected chi connectivity index (χ0v) is 14.4. The lowest BCUT2D eigenvalue weighted by Crippen LogP contribution is -2.38. The van der Waals surface area contributed by atoms with Crippen molar-refractivity contribution in [3.8, 4) is 5.69 Å². The molecule has 0 saturated carbocycles. The van der Waals surface area contributed by atoms with Crippen LogP contribution in [0.25, 0.3) is 5.69 Å². The molecule has 2 N–H and O–H groups in total. The maximum atomic E-state index is 12.7. The lowest BCUT2D eigenvalue weighted by atomic mass is 9.99. The van der Waals surface area contributed by atoms with Gasteiger partial charge in [-0.15, -0.1) is 0 Å². The molecule has 1 atom stereocenters. The molecule has 0 spiro atoms. The van der Waals surface area contributed by atoms with Crippen LogP contribution in [0.1, 0.15) is 28.4 Å². The van der Waals surface area contributed by atoms with E-state index < -0.39 is 5.60 Å². The Labute approximate surface area is 144 Å². The maximum absolute atomic E-state index is 12.7. The van der Waals surface area contributed by atoms with Gasteiger partial charge in [-0.2, -0.15) is 11.3 Å². The van der Waals surface area contributed by atoms with Gasteiger partial charge in [0, 0.05) is 12.4 Å². The lowest BCUT2D eigenvalue weighted by molar-refractivity contribution is 0.0530. The fraction of sp³-hybridized carbons (Fsp3) is 0.222. The number of hydrogen-bond donors (Lipinski definition) is 2. The van der Waals surface area contributed by atoms with Gasteiger partial charge in [0.2, 0.25) is 0 Å². The van der Waals surface area contributed by atoms with E-state index in [1.165, 1.54) is 11.3 Å². The van der Waals surface area contributed by atoms with Crippen LogP contribution in [0.4, 0.5) is 0 Å². The molecule has 1 aromatic carbocycles. The van der Waals surface area contributed by atoms with Gasteiger partial charge in [0.25, 0.3) is 5.91 Å². The molecule has 1 unspecified atom stereocenters. The summed E-state index contributed by atoms with van der Waals surface area (Å²) >= 11 is 1.52. The van der Waals surface area contributed by atoms with Gasteiger partial charge in [-0.1, -0.05) is 11.6 Å². The Morgan fingerprint density at radius 2 is 2.25 bits per heavy atom. The van der Waals surface area contributed by atoms with E-state index in [0.717, 1.165) is 16.8 Å². The molecule has 124 valence electrons. The normalized spacial score (nSPS) is 13.5. The highest BCUT2D eigenvalue weighted by Gasteiger charge is 2.25. The molecule has 0 bridgehead atoms. The standard InChI is InChI=1S/C18H19N3O2S/c1-13-3-4-16(21-7-6-19-12-21)15(9-13)17(22)20-11-18(2,23)14-5-8-24-10-14/h3-10,12,23H,11H2,1-2H3,(H,20,22). The number of nitrogens with one attached hydrogen (secondary N) is 1.